The summed E-state index contributed by atoms with van der Waals surface area (Å²) in [6.07, 6.45) is -0.699. The Morgan fingerprint density at radius 3 is 2.83 bits per heavy atom. The number of hydrogen-bond acceptors (Lipinski definition) is 6. The van der Waals surface area contributed by atoms with Gasteiger partial charge in [0.05, 0.1) is 18.4 Å². The Labute approximate surface area is 105 Å². The summed E-state index contributed by atoms with van der Waals surface area (Å²) in [5.41, 5.74) is 5.99. The number of carboxylic acids is 1. The highest BCUT2D eigenvalue weighted by Crippen LogP contribution is 2.19. The Bertz CT molecular complexity index is 425. The number of nitrogens with zero attached hydrogens (tertiary/aromatic N) is 2. The average Bonchev–Trinajstić information content (AvgIpc) is 2.29. The maximum absolute atomic E-state index is 10.8. The van der Waals surface area contributed by atoms with Crippen LogP contribution in [0.25, 0.3) is 0 Å². The molecule has 0 saturated carbocycles. The second kappa shape index (κ2) is 6.18. The van der Waals surface area contributed by atoms with Gasteiger partial charge in [0.1, 0.15) is 0 Å². The topological polar surface area (TPSA) is 109 Å². The lowest BCUT2D eigenvalue weighted by atomic mass is 10.3. The van der Waals surface area contributed by atoms with Crippen LogP contribution in [0.4, 0.5) is 11.5 Å². The Balaban J connectivity index is 2.87. The number of hydrogen-bond donors (Lipinski definition) is 3. The van der Waals surface area contributed by atoms with Crippen molar-refractivity contribution < 1.29 is 19.7 Å². The quantitative estimate of drug-likeness (QED) is 0.646. The summed E-state index contributed by atoms with van der Waals surface area (Å²) < 4.78 is 4.81. The Kier molecular flexibility index (Phi) is 4.87. The third-order valence-corrected chi connectivity index (χ3v) is 2.33. The summed E-state index contributed by atoms with van der Waals surface area (Å²) in [6, 6.07) is 2.81. The van der Waals surface area contributed by atoms with Crippen LogP contribution in [0.1, 0.15) is 10.5 Å². The number of carboxylic acid groups (broad SMARTS) is 1. The molecule has 1 aromatic rings. The van der Waals surface area contributed by atoms with Crippen LogP contribution in [0, 0.1) is 0 Å². The van der Waals surface area contributed by atoms with Crippen molar-refractivity contribution >= 4 is 17.5 Å². The molecule has 0 aliphatic carbocycles. The fourth-order valence-electron chi connectivity index (χ4n) is 1.53. The summed E-state index contributed by atoms with van der Waals surface area (Å²) in [6.45, 7) is 0.428. The molecule has 1 rings (SSSR count). The van der Waals surface area contributed by atoms with E-state index in [0.717, 1.165) is 0 Å². The van der Waals surface area contributed by atoms with Gasteiger partial charge in [-0.1, -0.05) is 0 Å². The summed E-state index contributed by atoms with van der Waals surface area (Å²) in [5.74, 6) is -0.799. The lowest BCUT2D eigenvalue weighted by molar-refractivity contribution is 0.0689. The van der Waals surface area contributed by atoms with E-state index in [1.165, 1.54) is 19.2 Å². The van der Waals surface area contributed by atoms with Crippen LogP contribution in [0.15, 0.2) is 12.1 Å². The van der Waals surface area contributed by atoms with Gasteiger partial charge in [-0.05, 0) is 12.1 Å². The molecule has 18 heavy (non-hydrogen) atoms. The highest BCUT2D eigenvalue weighted by Gasteiger charge is 2.14. The van der Waals surface area contributed by atoms with Gasteiger partial charge in [0.15, 0.2) is 11.5 Å². The number of ether oxygens (including phenoxy) is 1. The summed E-state index contributed by atoms with van der Waals surface area (Å²) >= 11 is 0. The van der Waals surface area contributed by atoms with Gasteiger partial charge in [0, 0.05) is 20.7 Å². The second-order valence-electron chi connectivity index (χ2n) is 3.90. The van der Waals surface area contributed by atoms with Crippen LogP contribution in [0.3, 0.4) is 0 Å². The van der Waals surface area contributed by atoms with Crippen molar-refractivity contribution in [2.75, 3.05) is 37.9 Å². The standard InChI is InChI=1S/C11H17N3O4/c1-14(5-7(15)6-18-2)10-8(12)3-4-9(13-10)11(16)17/h3-4,7,15H,5-6,12H2,1-2H3,(H,16,17). The maximum Gasteiger partial charge on any atom is 0.354 e. The molecule has 1 heterocycles. The number of aliphatic hydroxyl groups is 1. The number of rotatable bonds is 6. The Morgan fingerprint density at radius 1 is 1.61 bits per heavy atom. The van der Waals surface area contributed by atoms with E-state index in [2.05, 4.69) is 4.98 Å². The van der Waals surface area contributed by atoms with Gasteiger partial charge in [-0.25, -0.2) is 9.78 Å². The van der Waals surface area contributed by atoms with Gasteiger partial charge in [-0.2, -0.15) is 0 Å². The summed E-state index contributed by atoms with van der Waals surface area (Å²) in [4.78, 5) is 16.3. The van der Waals surface area contributed by atoms with Crippen molar-refractivity contribution in [3.8, 4) is 0 Å². The molecule has 4 N–H and O–H groups in total. The maximum atomic E-state index is 10.8. The number of likely N-dealkylation sites (N-methyl/N-ethyl adjacent to an activating group) is 1. The first-order chi connectivity index (χ1) is 8.45. The first-order valence-electron chi connectivity index (χ1n) is 5.33. The van der Waals surface area contributed by atoms with Crippen molar-refractivity contribution in [2.45, 2.75) is 6.10 Å². The van der Waals surface area contributed by atoms with Crippen molar-refractivity contribution in [3.05, 3.63) is 17.8 Å². The number of anilines is 2. The molecular weight excluding hydrogens is 238 g/mol. The molecular formula is C11H17N3O4. The molecule has 0 radical (unpaired) electrons. The van der Waals surface area contributed by atoms with Crippen LogP contribution < -0.4 is 10.6 Å². The molecule has 0 saturated heterocycles. The van der Waals surface area contributed by atoms with Gasteiger partial charge in [0.25, 0.3) is 0 Å². The van der Waals surface area contributed by atoms with E-state index < -0.39 is 12.1 Å². The van der Waals surface area contributed by atoms with Crippen LogP contribution in [0.2, 0.25) is 0 Å². The van der Waals surface area contributed by atoms with E-state index in [9.17, 15) is 9.90 Å². The molecule has 0 bridgehead atoms. The number of carbonyl (C=O) groups is 1. The normalized spacial score (nSPS) is 12.2. The lowest BCUT2D eigenvalue weighted by Crippen LogP contribution is -2.33. The minimum atomic E-state index is -1.12. The number of aromatic nitrogens is 1. The van der Waals surface area contributed by atoms with E-state index in [0.29, 0.717) is 11.5 Å². The van der Waals surface area contributed by atoms with Crippen LogP contribution in [0.5, 0.6) is 0 Å². The zero-order chi connectivity index (χ0) is 13.7. The monoisotopic (exact) mass is 255 g/mol. The van der Waals surface area contributed by atoms with E-state index in [-0.39, 0.29) is 18.8 Å². The predicted octanol–water partition coefficient (Wildman–Crippen LogP) is -0.194. The van der Waals surface area contributed by atoms with Gasteiger partial charge in [-0.15, -0.1) is 0 Å². The number of aliphatic hydroxyl groups excluding tert-OH is 1. The molecule has 0 aliphatic rings. The highest BCUT2D eigenvalue weighted by molar-refractivity contribution is 5.86. The third kappa shape index (κ3) is 3.57. The van der Waals surface area contributed by atoms with Gasteiger partial charge in [-0.3, -0.25) is 0 Å². The van der Waals surface area contributed by atoms with Crippen molar-refractivity contribution in [1.82, 2.24) is 4.98 Å². The molecule has 0 aliphatic heterocycles. The molecule has 100 valence electrons. The molecule has 0 aromatic carbocycles. The summed E-state index contributed by atoms with van der Waals surface area (Å²) in [5, 5.41) is 18.5. The lowest BCUT2D eigenvalue weighted by Gasteiger charge is -2.22. The van der Waals surface area contributed by atoms with Crippen LogP contribution in [-0.2, 0) is 4.74 Å². The molecule has 7 nitrogen and oxygen atoms in total. The van der Waals surface area contributed by atoms with E-state index in [1.54, 1.807) is 11.9 Å². The SMILES string of the molecule is COCC(O)CN(C)c1nc(C(=O)O)ccc1N. The van der Waals surface area contributed by atoms with Crippen molar-refractivity contribution in [2.24, 2.45) is 0 Å². The number of aromatic carboxylic acids is 1. The highest BCUT2D eigenvalue weighted by atomic mass is 16.5. The van der Waals surface area contributed by atoms with Gasteiger partial charge >= 0.3 is 5.97 Å². The fourth-order valence-corrected chi connectivity index (χ4v) is 1.53. The molecule has 1 atom stereocenters. The van der Waals surface area contributed by atoms with Crippen molar-refractivity contribution in [1.29, 1.82) is 0 Å². The molecule has 0 fully saturated rings. The number of pyridine rings is 1. The van der Waals surface area contributed by atoms with E-state index in [4.69, 9.17) is 15.6 Å². The largest absolute Gasteiger partial charge is 0.477 e. The number of methoxy groups -OCH3 is 1. The van der Waals surface area contributed by atoms with Crippen molar-refractivity contribution in [3.63, 3.8) is 0 Å². The van der Waals surface area contributed by atoms with Crippen LogP contribution >= 0.6 is 0 Å². The molecule has 0 amide bonds. The fraction of sp³-hybridized carbons (Fsp3) is 0.455. The zero-order valence-electron chi connectivity index (χ0n) is 10.3. The first kappa shape index (κ1) is 14.2. The van der Waals surface area contributed by atoms with E-state index in [1.807, 2.05) is 0 Å². The number of nitrogens with two attached hydrogens (primary N) is 1. The third-order valence-electron chi connectivity index (χ3n) is 2.33. The smallest absolute Gasteiger partial charge is 0.354 e. The molecule has 0 spiro atoms. The minimum absolute atomic E-state index is 0.0905. The van der Waals surface area contributed by atoms with Gasteiger partial charge < -0.3 is 25.6 Å². The Hall–Kier alpha value is -1.86. The summed E-state index contributed by atoms with van der Waals surface area (Å²) in [7, 11) is 3.16. The first-order valence-corrected chi connectivity index (χ1v) is 5.33. The van der Waals surface area contributed by atoms with Gasteiger partial charge in [0.2, 0.25) is 0 Å². The second-order valence-corrected chi connectivity index (χ2v) is 3.90. The Morgan fingerprint density at radius 2 is 2.28 bits per heavy atom. The zero-order valence-corrected chi connectivity index (χ0v) is 10.3. The predicted molar refractivity (Wildman–Crippen MR) is 66.8 cm³/mol. The molecule has 1 aromatic heterocycles. The van der Waals surface area contributed by atoms with Crippen LogP contribution in [-0.4, -0.2) is 54.6 Å². The number of nitrogen functional groups attached to an aromatic ring is 1. The average molecular weight is 255 g/mol. The van der Waals surface area contributed by atoms with E-state index >= 15 is 0 Å². The minimum Gasteiger partial charge on any atom is -0.477 e. The molecule has 1 unspecified atom stereocenters. The molecule has 7 heteroatoms.